The van der Waals surface area contributed by atoms with Crippen molar-refractivity contribution in [3.05, 3.63) is 12.3 Å². The number of hydrogen-bond acceptors (Lipinski definition) is 4. The first-order valence-corrected chi connectivity index (χ1v) is 4.81. The summed E-state index contributed by atoms with van der Waals surface area (Å²) in [7, 11) is 3.26. The van der Waals surface area contributed by atoms with Gasteiger partial charge in [0.1, 0.15) is 0 Å². The first-order chi connectivity index (χ1) is 6.81. The maximum absolute atomic E-state index is 5.37. The molecule has 0 N–H and O–H groups in total. The van der Waals surface area contributed by atoms with Crippen molar-refractivity contribution >= 4 is 0 Å². The highest BCUT2D eigenvalue weighted by atomic mass is 16.7. The lowest BCUT2D eigenvalue weighted by atomic mass is 10.0. The molecular formula is C10H18O4. The van der Waals surface area contributed by atoms with Crippen molar-refractivity contribution in [2.45, 2.75) is 25.9 Å². The van der Waals surface area contributed by atoms with Gasteiger partial charge in [0.15, 0.2) is 12.6 Å². The van der Waals surface area contributed by atoms with Crippen LogP contribution in [0.5, 0.6) is 0 Å². The van der Waals surface area contributed by atoms with E-state index in [1.807, 2.05) is 13.0 Å². The molecule has 1 heterocycles. The van der Waals surface area contributed by atoms with E-state index in [1.54, 1.807) is 20.5 Å². The predicted octanol–water partition coefficient (Wildman–Crippen LogP) is 1.52. The zero-order valence-electron chi connectivity index (χ0n) is 8.93. The molecule has 0 spiro atoms. The van der Waals surface area contributed by atoms with Gasteiger partial charge >= 0.3 is 0 Å². The molecule has 1 aliphatic rings. The van der Waals surface area contributed by atoms with Crippen molar-refractivity contribution in [2.24, 2.45) is 5.92 Å². The third-order valence-electron chi connectivity index (χ3n) is 2.19. The Balaban J connectivity index is 2.46. The lowest BCUT2D eigenvalue weighted by Gasteiger charge is -2.29. The molecule has 0 aromatic rings. The standard InChI is InChI=1S/C10H18O4/c1-4-13-9-7-8(5-6-14-9)10(11-2)12-3/h5-6,8-10H,4,7H2,1-3H3. The smallest absolute Gasteiger partial charge is 0.199 e. The van der Waals surface area contributed by atoms with E-state index in [4.69, 9.17) is 18.9 Å². The Labute approximate surface area is 84.8 Å². The van der Waals surface area contributed by atoms with E-state index in [2.05, 4.69) is 0 Å². The van der Waals surface area contributed by atoms with Crippen LogP contribution in [-0.2, 0) is 18.9 Å². The summed E-state index contributed by atoms with van der Waals surface area (Å²) < 4.78 is 21.0. The van der Waals surface area contributed by atoms with Crippen molar-refractivity contribution in [1.29, 1.82) is 0 Å². The lowest BCUT2D eigenvalue weighted by molar-refractivity contribution is -0.170. The summed E-state index contributed by atoms with van der Waals surface area (Å²) in [6.45, 7) is 2.59. The Morgan fingerprint density at radius 2 is 2.14 bits per heavy atom. The summed E-state index contributed by atoms with van der Waals surface area (Å²) in [5.74, 6) is 0.190. The minimum Gasteiger partial charge on any atom is -0.473 e. The zero-order valence-corrected chi connectivity index (χ0v) is 8.93. The summed E-state index contributed by atoms with van der Waals surface area (Å²) in [6, 6.07) is 0. The van der Waals surface area contributed by atoms with Gasteiger partial charge in [-0.1, -0.05) is 0 Å². The molecule has 0 saturated carbocycles. The highest BCUT2D eigenvalue weighted by Crippen LogP contribution is 2.23. The third kappa shape index (κ3) is 2.97. The predicted molar refractivity (Wildman–Crippen MR) is 51.6 cm³/mol. The molecule has 14 heavy (non-hydrogen) atoms. The van der Waals surface area contributed by atoms with E-state index in [0.29, 0.717) is 6.61 Å². The first kappa shape index (κ1) is 11.5. The van der Waals surface area contributed by atoms with E-state index < -0.39 is 0 Å². The SMILES string of the molecule is CCOC1CC(C(OC)OC)C=CO1. The van der Waals surface area contributed by atoms with Gasteiger partial charge in [-0.2, -0.15) is 0 Å². The molecule has 0 aliphatic carbocycles. The Kier molecular flexibility index (Phi) is 4.93. The maximum Gasteiger partial charge on any atom is 0.199 e. The van der Waals surface area contributed by atoms with Gasteiger partial charge < -0.3 is 18.9 Å². The van der Waals surface area contributed by atoms with Gasteiger partial charge in [0, 0.05) is 33.2 Å². The average molecular weight is 202 g/mol. The van der Waals surface area contributed by atoms with Gasteiger partial charge in [0.2, 0.25) is 0 Å². The van der Waals surface area contributed by atoms with E-state index in [9.17, 15) is 0 Å². The minimum atomic E-state index is -0.224. The van der Waals surface area contributed by atoms with Crippen LogP contribution < -0.4 is 0 Å². The molecule has 0 bridgehead atoms. The molecule has 82 valence electrons. The molecule has 0 radical (unpaired) electrons. The Morgan fingerprint density at radius 3 is 2.71 bits per heavy atom. The van der Waals surface area contributed by atoms with Crippen LogP contribution >= 0.6 is 0 Å². The summed E-state index contributed by atoms with van der Waals surface area (Å²) in [5, 5.41) is 0. The van der Waals surface area contributed by atoms with Crippen molar-refractivity contribution in [3.8, 4) is 0 Å². The summed E-state index contributed by atoms with van der Waals surface area (Å²) >= 11 is 0. The Morgan fingerprint density at radius 1 is 1.43 bits per heavy atom. The largest absolute Gasteiger partial charge is 0.473 e. The number of ether oxygens (including phenoxy) is 4. The molecule has 1 aliphatic heterocycles. The van der Waals surface area contributed by atoms with E-state index in [1.165, 1.54) is 0 Å². The normalized spacial score (nSPS) is 26.6. The summed E-state index contributed by atoms with van der Waals surface area (Å²) in [4.78, 5) is 0. The Hall–Kier alpha value is -0.580. The molecule has 2 atom stereocenters. The van der Waals surface area contributed by atoms with Gasteiger partial charge in [0.25, 0.3) is 0 Å². The average Bonchev–Trinajstić information content (AvgIpc) is 2.21. The van der Waals surface area contributed by atoms with Crippen LogP contribution in [0.3, 0.4) is 0 Å². The van der Waals surface area contributed by atoms with Crippen LogP contribution in [0.4, 0.5) is 0 Å². The minimum absolute atomic E-state index is 0.178. The molecule has 0 saturated heterocycles. The van der Waals surface area contributed by atoms with Crippen LogP contribution in [0.25, 0.3) is 0 Å². The third-order valence-corrected chi connectivity index (χ3v) is 2.19. The Bertz CT molecular complexity index is 177. The van der Waals surface area contributed by atoms with Gasteiger partial charge in [-0.15, -0.1) is 0 Å². The molecule has 4 nitrogen and oxygen atoms in total. The van der Waals surface area contributed by atoms with Crippen LogP contribution in [0.2, 0.25) is 0 Å². The van der Waals surface area contributed by atoms with Gasteiger partial charge in [0.05, 0.1) is 6.26 Å². The highest BCUT2D eigenvalue weighted by Gasteiger charge is 2.26. The zero-order chi connectivity index (χ0) is 10.4. The van der Waals surface area contributed by atoms with Crippen molar-refractivity contribution in [3.63, 3.8) is 0 Å². The van der Waals surface area contributed by atoms with Gasteiger partial charge in [-0.05, 0) is 13.0 Å². The lowest BCUT2D eigenvalue weighted by Crippen LogP contribution is -2.31. The maximum atomic E-state index is 5.37. The van der Waals surface area contributed by atoms with Gasteiger partial charge in [-0.25, -0.2) is 0 Å². The molecule has 1 rings (SSSR count). The quantitative estimate of drug-likeness (QED) is 0.633. The first-order valence-electron chi connectivity index (χ1n) is 4.81. The highest BCUT2D eigenvalue weighted by molar-refractivity contribution is 4.90. The second-order valence-corrected chi connectivity index (χ2v) is 3.09. The molecule has 2 unspecified atom stereocenters. The summed E-state index contributed by atoms with van der Waals surface area (Å²) in [5.41, 5.74) is 0. The second kappa shape index (κ2) is 6.01. The summed E-state index contributed by atoms with van der Waals surface area (Å²) in [6.07, 6.45) is 3.95. The molecular weight excluding hydrogens is 184 g/mol. The number of hydrogen-bond donors (Lipinski definition) is 0. The monoisotopic (exact) mass is 202 g/mol. The van der Waals surface area contributed by atoms with Crippen LogP contribution in [-0.4, -0.2) is 33.4 Å². The molecule has 0 amide bonds. The van der Waals surface area contributed by atoms with Gasteiger partial charge in [-0.3, -0.25) is 0 Å². The number of rotatable bonds is 5. The van der Waals surface area contributed by atoms with E-state index in [-0.39, 0.29) is 18.5 Å². The van der Waals surface area contributed by atoms with Crippen LogP contribution in [0.15, 0.2) is 12.3 Å². The fourth-order valence-electron chi connectivity index (χ4n) is 1.53. The van der Waals surface area contributed by atoms with Crippen LogP contribution in [0.1, 0.15) is 13.3 Å². The van der Waals surface area contributed by atoms with E-state index in [0.717, 1.165) is 6.42 Å². The van der Waals surface area contributed by atoms with Crippen molar-refractivity contribution in [2.75, 3.05) is 20.8 Å². The molecule has 4 heteroatoms. The topological polar surface area (TPSA) is 36.9 Å². The fourth-order valence-corrected chi connectivity index (χ4v) is 1.53. The van der Waals surface area contributed by atoms with Crippen molar-refractivity contribution < 1.29 is 18.9 Å². The van der Waals surface area contributed by atoms with E-state index >= 15 is 0 Å². The van der Waals surface area contributed by atoms with Crippen LogP contribution in [0, 0.1) is 5.92 Å². The fraction of sp³-hybridized carbons (Fsp3) is 0.800. The van der Waals surface area contributed by atoms with Crippen molar-refractivity contribution in [1.82, 2.24) is 0 Å². The molecule has 0 aromatic heterocycles. The molecule has 0 fully saturated rings. The number of methoxy groups -OCH3 is 2. The second-order valence-electron chi connectivity index (χ2n) is 3.09. The molecule has 0 aromatic carbocycles.